The second-order valence-electron chi connectivity index (χ2n) is 2.78. The van der Waals surface area contributed by atoms with Crippen molar-refractivity contribution in [1.29, 1.82) is 0 Å². The van der Waals surface area contributed by atoms with Gasteiger partial charge in [0.05, 0.1) is 4.88 Å². The van der Waals surface area contributed by atoms with Crippen molar-refractivity contribution < 1.29 is 4.79 Å². The summed E-state index contributed by atoms with van der Waals surface area (Å²) < 4.78 is 1.30. The molecule has 2 heterocycles. The van der Waals surface area contributed by atoms with E-state index >= 15 is 0 Å². The lowest BCUT2D eigenvalue weighted by Gasteiger charge is -1.93. The molecule has 0 amide bonds. The van der Waals surface area contributed by atoms with E-state index in [4.69, 9.17) is 5.84 Å². The van der Waals surface area contributed by atoms with Crippen molar-refractivity contribution >= 4 is 28.9 Å². The van der Waals surface area contributed by atoms with Crippen LogP contribution in [0.4, 0.5) is 0 Å². The number of aromatic nitrogens is 3. The summed E-state index contributed by atoms with van der Waals surface area (Å²) in [5.41, 5.74) is 0. The second-order valence-corrected chi connectivity index (χ2v) is 4.60. The Kier molecular flexibility index (Phi) is 3.37. The van der Waals surface area contributed by atoms with Gasteiger partial charge in [0, 0.05) is 0 Å². The van der Waals surface area contributed by atoms with Crippen LogP contribution in [0.25, 0.3) is 0 Å². The maximum absolute atomic E-state index is 11.6. The maximum atomic E-state index is 11.6. The third-order valence-electron chi connectivity index (χ3n) is 1.70. The number of carbonyl (C=O) groups is 1. The van der Waals surface area contributed by atoms with Crippen LogP contribution in [0.2, 0.25) is 0 Å². The molecule has 0 aliphatic rings. The van der Waals surface area contributed by atoms with Gasteiger partial charge >= 0.3 is 0 Å². The number of nitrogens with zero attached hydrogens (tertiary/aromatic N) is 3. The third kappa shape index (κ3) is 2.50. The number of hydrogen-bond donors (Lipinski definition) is 1. The van der Waals surface area contributed by atoms with Crippen molar-refractivity contribution in [2.45, 2.75) is 5.16 Å². The number of nitrogens with two attached hydrogens (primary N) is 1. The molecule has 2 aromatic rings. The van der Waals surface area contributed by atoms with E-state index in [0.717, 1.165) is 0 Å². The fourth-order valence-corrected chi connectivity index (χ4v) is 2.20. The zero-order chi connectivity index (χ0) is 11.4. The molecule has 0 bridgehead atoms. The predicted octanol–water partition coefficient (Wildman–Crippen LogP) is 1.54. The van der Waals surface area contributed by atoms with Gasteiger partial charge < -0.3 is 5.84 Å². The van der Waals surface area contributed by atoms with Crippen LogP contribution in [-0.4, -0.2) is 20.7 Å². The van der Waals surface area contributed by atoms with Gasteiger partial charge in [-0.2, -0.15) is 0 Å². The number of hydrogen-bond acceptors (Lipinski definition) is 6. The van der Waals surface area contributed by atoms with Gasteiger partial charge in [0.15, 0.2) is 5.78 Å². The van der Waals surface area contributed by atoms with Gasteiger partial charge in [-0.25, -0.2) is 4.68 Å². The molecule has 0 fully saturated rings. The summed E-state index contributed by atoms with van der Waals surface area (Å²) in [7, 11) is 0. The number of ketones is 1. The molecule has 0 atom stereocenters. The van der Waals surface area contributed by atoms with Crippen molar-refractivity contribution in [2.75, 3.05) is 5.84 Å². The number of rotatable bonds is 4. The van der Waals surface area contributed by atoms with E-state index in [2.05, 4.69) is 10.2 Å². The molecule has 0 radical (unpaired) electrons. The molecule has 82 valence electrons. The van der Waals surface area contributed by atoms with Gasteiger partial charge in [-0.15, -0.1) is 21.5 Å². The highest BCUT2D eigenvalue weighted by molar-refractivity contribution is 8.02. The molecule has 0 unspecified atom stereocenters. The molecule has 0 aliphatic carbocycles. The standard InChI is InChI=1S/C9H8N4OS2/c10-13-6-11-12-9(13)16-5-3-7(14)8-2-1-4-15-8/h1-6H,10H2. The van der Waals surface area contributed by atoms with Crippen LogP contribution >= 0.6 is 23.1 Å². The largest absolute Gasteiger partial charge is 0.336 e. The molecule has 0 aromatic carbocycles. The Morgan fingerprint density at radius 1 is 1.62 bits per heavy atom. The zero-order valence-electron chi connectivity index (χ0n) is 8.11. The molecule has 0 saturated heterocycles. The molecular weight excluding hydrogens is 244 g/mol. The van der Waals surface area contributed by atoms with Crippen molar-refractivity contribution in [1.82, 2.24) is 14.9 Å². The van der Waals surface area contributed by atoms with Crippen LogP contribution in [0.1, 0.15) is 9.67 Å². The highest BCUT2D eigenvalue weighted by atomic mass is 32.2. The van der Waals surface area contributed by atoms with E-state index in [1.54, 1.807) is 11.5 Å². The Hall–Kier alpha value is -1.60. The van der Waals surface area contributed by atoms with E-state index in [-0.39, 0.29) is 5.78 Å². The molecule has 0 saturated carbocycles. The van der Waals surface area contributed by atoms with Crippen molar-refractivity contribution in [3.8, 4) is 0 Å². The van der Waals surface area contributed by atoms with Crippen LogP contribution in [0.3, 0.4) is 0 Å². The van der Waals surface area contributed by atoms with Crippen LogP contribution in [0.15, 0.2) is 40.5 Å². The molecular formula is C9H8N4OS2. The van der Waals surface area contributed by atoms with Gasteiger partial charge in [-0.05, 0) is 22.9 Å². The summed E-state index contributed by atoms with van der Waals surface area (Å²) in [6, 6.07) is 3.63. The van der Waals surface area contributed by atoms with Crippen LogP contribution in [0, 0.1) is 0 Å². The van der Waals surface area contributed by atoms with E-state index < -0.39 is 0 Å². The van der Waals surface area contributed by atoms with Crippen molar-refractivity contribution in [3.05, 3.63) is 40.2 Å². The van der Waals surface area contributed by atoms with Gasteiger partial charge in [0.25, 0.3) is 0 Å². The van der Waals surface area contributed by atoms with Crippen molar-refractivity contribution in [2.24, 2.45) is 0 Å². The minimum Gasteiger partial charge on any atom is -0.336 e. The van der Waals surface area contributed by atoms with E-state index in [0.29, 0.717) is 10.0 Å². The first-order valence-corrected chi connectivity index (χ1v) is 6.09. The summed E-state index contributed by atoms with van der Waals surface area (Å²) in [5.74, 6) is 5.48. The summed E-state index contributed by atoms with van der Waals surface area (Å²) >= 11 is 2.66. The van der Waals surface area contributed by atoms with Crippen LogP contribution in [-0.2, 0) is 0 Å². The fraction of sp³-hybridized carbons (Fsp3) is 0. The number of carbonyl (C=O) groups excluding carboxylic acids is 1. The smallest absolute Gasteiger partial charge is 0.213 e. The van der Waals surface area contributed by atoms with E-state index in [1.807, 2.05) is 11.4 Å². The predicted molar refractivity (Wildman–Crippen MR) is 63.8 cm³/mol. The fourth-order valence-electron chi connectivity index (χ4n) is 0.974. The minimum atomic E-state index is -0.0226. The molecule has 2 N–H and O–H groups in total. The third-order valence-corrected chi connectivity index (χ3v) is 3.36. The normalized spacial score (nSPS) is 11.0. The number of nitrogen functional groups attached to an aromatic ring is 1. The lowest BCUT2D eigenvalue weighted by atomic mass is 10.3. The minimum absolute atomic E-state index is 0.0226. The summed E-state index contributed by atoms with van der Waals surface area (Å²) in [6.45, 7) is 0. The number of thiophene rings is 1. The van der Waals surface area contributed by atoms with E-state index in [9.17, 15) is 4.79 Å². The van der Waals surface area contributed by atoms with Gasteiger partial charge in [-0.1, -0.05) is 17.8 Å². The molecule has 5 nitrogen and oxygen atoms in total. The highest BCUT2D eigenvalue weighted by Crippen LogP contribution is 2.15. The Morgan fingerprint density at radius 2 is 2.50 bits per heavy atom. The van der Waals surface area contributed by atoms with Gasteiger partial charge in [-0.3, -0.25) is 4.79 Å². The SMILES string of the molecule is Nn1cnnc1SC=CC(=O)c1cccs1. The highest BCUT2D eigenvalue weighted by Gasteiger charge is 2.02. The van der Waals surface area contributed by atoms with Gasteiger partial charge in [0.2, 0.25) is 5.16 Å². The lowest BCUT2D eigenvalue weighted by Crippen LogP contribution is -2.07. The van der Waals surface area contributed by atoms with E-state index in [1.165, 1.54) is 40.2 Å². The van der Waals surface area contributed by atoms with Crippen LogP contribution in [0.5, 0.6) is 0 Å². The molecule has 2 aromatic heterocycles. The second kappa shape index (κ2) is 4.95. The Morgan fingerprint density at radius 3 is 3.12 bits per heavy atom. The van der Waals surface area contributed by atoms with Crippen LogP contribution < -0.4 is 5.84 Å². The number of allylic oxidation sites excluding steroid dienone is 1. The molecule has 0 aliphatic heterocycles. The Labute approximate surface area is 100.0 Å². The average molecular weight is 252 g/mol. The summed E-state index contributed by atoms with van der Waals surface area (Å²) in [5, 5.41) is 11.4. The molecule has 7 heteroatoms. The summed E-state index contributed by atoms with van der Waals surface area (Å²) in [6.07, 6.45) is 2.89. The topological polar surface area (TPSA) is 73.8 Å². The average Bonchev–Trinajstić information content (AvgIpc) is 2.90. The summed E-state index contributed by atoms with van der Waals surface area (Å²) in [4.78, 5) is 12.3. The Balaban J connectivity index is 1.96. The first-order chi connectivity index (χ1) is 7.77. The first kappa shape index (κ1) is 10.9. The first-order valence-electron chi connectivity index (χ1n) is 4.33. The quantitative estimate of drug-likeness (QED) is 0.387. The molecule has 16 heavy (non-hydrogen) atoms. The monoisotopic (exact) mass is 252 g/mol. The lowest BCUT2D eigenvalue weighted by molar-refractivity contribution is 0.105. The number of thioether (sulfide) groups is 1. The Bertz CT molecular complexity index is 503. The molecule has 0 spiro atoms. The zero-order valence-corrected chi connectivity index (χ0v) is 9.74. The molecule has 2 rings (SSSR count). The van der Waals surface area contributed by atoms with Gasteiger partial charge in [0.1, 0.15) is 6.33 Å². The van der Waals surface area contributed by atoms with Crippen molar-refractivity contribution in [3.63, 3.8) is 0 Å². The maximum Gasteiger partial charge on any atom is 0.213 e.